The minimum atomic E-state index is -0.484. The van der Waals surface area contributed by atoms with E-state index >= 15 is 0 Å². The molecule has 1 aromatic heterocycles. The van der Waals surface area contributed by atoms with Crippen LogP contribution in [0.1, 0.15) is 30.6 Å². The van der Waals surface area contributed by atoms with Crippen molar-refractivity contribution in [2.75, 3.05) is 0 Å². The highest BCUT2D eigenvalue weighted by molar-refractivity contribution is 6.29. The predicted molar refractivity (Wildman–Crippen MR) is 52.9 cm³/mol. The maximum Gasteiger partial charge on any atom is 0.226 e. The van der Waals surface area contributed by atoms with Crippen LogP contribution in [-0.2, 0) is 0 Å². The predicted octanol–water partition coefficient (Wildman–Crippen LogP) is 2.48. The molecule has 4 heteroatoms. The number of pyridine rings is 1. The van der Waals surface area contributed by atoms with Crippen molar-refractivity contribution in [2.45, 2.75) is 25.9 Å². The van der Waals surface area contributed by atoms with Crippen LogP contribution < -0.4 is 4.74 Å². The number of nitrogens with zero attached hydrogens (tertiary/aromatic N) is 1. The van der Waals surface area contributed by atoms with Crippen molar-refractivity contribution in [3.63, 3.8) is 0 Å². The lowest BCUT2D eigenvalue weighted by Gasteiger charge is -2.30. The maximum absolute atomic E-state index is 11.6. The zero-order valence-corrected chi connectivity index (χ0v) is 8.76. The van der Waals surface area contributed by atoms with E-state index in [1.54, 1.807) is 12.1 Å². The molecule has 0 aromatic carbocycles. The molecule has 74 valence electrons. The van der Waals surface area contributed by atoms with E-state index in [9.17, 15) is 4.79 Å². The molecule has 0 aliphatic carbocycles. The zero-order chi connectivity index (χ0) is 10.3. The molecule has 0 saturated carbocycles. The van der Waals surface area contributed by atoms with Crippen LogP contribution >= 0.6 is 11.6 Å². The van der Waals surface area contributed by atoms with Crippen molar-refractivity contribution in [1.29, 1.82) is 0 Å². The Kier molecular flexibility index (Phi) is 2.00. The van der Waals surface area contributed by atoms with Crippen LogP contribution in [0.2, 0.25) is 5.15 Å². The molecule has 0 bridgehead atoms. The number of carbonyl (C=O) groups excluding carboxylic acids is 1. The Bertz CT molecular complexity index is 401. The van der Waals surface area contributed by atoms with E-state index < -0.39 is 5.60 Å². The minimum Gasteiger partial charge on any atom is -0.471 e. The third-order valence-electron chi connectivity index (χ3n) is 2.09. The smallest absolute Gasteiger partial charge is 0.226 e. The topological polar surface area (TPSA) is 39.2 Å². The summed E-state index contributed by atoms with van der Waals surface area (Å²) in [6, 6.07) is 3.25. The lowest BCUT2D eigenvalue weighted by molar-refractivity contribution is 0.0591. The molecule has 2 rings (SSSR count). The standard InChI is InChI=1S/C10H10ClNO2/c1-10(2)5-7(13)6-3-4-8(11)12-9(6)14-10/h3-4H,5H2,1-2H3. The highest BCUT2D eigenvalue weighted by Crippen LogP contribution is 2.31. The summed E-state index contributed by atoms with van der Waals surface area (Å²) in [5.41, 5.74) is 0.0376. The van der Waals surface area contributed by atoms with Gasteiger partial charge >= 0.3 is 0 Å². The van der Waals surface area contributed by atoms with Gasteiger partial charge in [0.2, 0.25) is 5.88 Å². The van der Waals surface area contributed by atoms with E-state index in [0.29, 0.717) is 23.0 Å². The van der Waals surface area contributed by atoms with E-state index in [4.69, 9.17) is 16.3 Å². The summed E-state index contributed by atoms with van der Waals surface area (Å²) < 4.78 is 5.55. The largest absolute Gasteiger partial charge is 0.471 e. The third kappa shape index (κ3) is 1.60. The van der Waals surface area contributed by atoms with E-state index in [-0.39, 0.29) is 5.78 Å². The van der Waals surface area contributed by atoms with Gasteiger partial charge in [0.1, 0.15) is 10.8 Å². The SMILES string of the molecule is CC1(C)CC(=O)c2ccc(Cl)nc2O1. The first-order valence-electron chi connectivity index (χ1n) is 4.37. The van der Waals surface area contributed by atoms with Crippen molar-refractivity contribution in [1.82, 2.24) is 4.98 Å². The number of ether oxygens (including phenoxy) is 1. The van der Waals surface area contributed by atoms with Gasteiger partial charge in [0.05, 0.1) is 12.0 Å². The zero-order valence-electron chi connectivity index (χ0n) is 8.00. The number of fused-ring (bicyclic) bond motifs is 1. The van der Waals surface area contributed by atoms with Crippen molar-refractivity contribution >= 4 is 17.4 Å². The molecule has 0 N–H and O–H groups in total. The van der Waals surface area contributed by atoms with Crippen LogP contribution in [0.15, 0.2) is 12.1 Å². The Balaban J connectivity index is 2.51. The normalized spacial score (nSPS) is 18.6. The molecule has 0 amide bonds. The van der Waals surface area contributed by atoms with Gasteiger partial charge in [0.15, 0.2) is 5.78 Å². The lowest BCUT2D eigenvalue weighted by atomic mass is 9.95. The summed E-state index contributed by atoms with van der Waals surface area (Å²) in [5, 5.41) is 0.342. The van der Waals surface area contributed by atoms with Gasteiger partial charge in [-0.1, -0.05) is 11.6 Å². The Morgan fingerprint density at radius 2 is 2.21 bits per heavy atom. The van der Waals surface area contributed by atoms with Crippen LogP contribution in [0.3, 0.4) is 0 Å². The molecule has 0 spiro atoms. The van der Waals surface area contributed by atoms with E-state index in [1.807, 2.05) is 13.8 Å². The summed E-state index contributed by atoms with van der Waals surface area (Å²) in [4.78, 5) is 15.6. The fourth-order valence-corrected chi connectivity index (χ4v) is 1.63. The molecule has 0 atom stereocenters. The molecule has 1 aromatic rings. The molecule has 0 unspecified atom stereocenters. The average Bonchev–Trinajstić information content (AvgIpc) is 2.00. The second-order valence-corrected chi connectivity index (χ2v) is 4.34. The van der Waals surface area contributed by atoms with Gasteiger partial charge in [-0.15, -0.1) is 0 Å². The molecule has 14 heavy (non-hydrogen) atoms. The second-order valence-electron chi connectivity index (χ2n) is 3.95. The second kappa shape index (κ2) is 2.95. The first kappa shape index (κ1) is 9.46. The quantitative estimate of drug-likeness (QED) is 0.619. The minimum absolute atomic E-state index is 0.0559. The van der Waals surface area contributed by atoms with Crippen molar-refractivity contribution < 1.29 is 9.53 Å². The van der Waals surface area contributed by atoms with E-state index in [0.717, 1.165) is 0 Å². The summed E-state index contributed by atoms with van der Waals surface area (Å²) in [7, 11) is 0. The third-order valence-corrected chi connectivity index (χ3v) is 2.30. The Hall–Kier alpha value is -1.09. The number of ketones is 1. The van der Waals surface area contributed by atoms with Gasteiger partial charge in [-0.25, -0.2) is 4.98 Å². The molecule has 1 aliphatic rings. The van der Waals surface area contributed by atoms with Gasteiger partial charge < -0.3 is 4.74 Å². The van der Waals surface area contributed by atoms with Crippen LogP contribution in [-0.4, -0.2) is 16.4 Å². The Morgan fingerprint density at radius 1 is 1.50 bits per heavy atom. The summed E-state index contributed by atoms with van der Waals surface area (Å²) in [6.45, 7) is 3.72. The van der Waals surface area contributed by atoms with Crippen molar-refractivity contribution in [2.24, 2.45) is 0 Å². The molecular formula is C10H10ClNO2. The monoisotopic (exact) mass is 211 g/mol. The van der Waals surface area contributed by atoms with Gasteiger partial charge in [0, 0.05) is 0 Å². The van der Waals surface area contributed by atoms with Gasteiger partial charge in [-0.3, -0.25) is 4.79 Å². The van der Waals surface area contributed by atoms with E-state index in [2.05, 4.69) is 4.98 Å². The number of hydrogen-bond donors (Lipinski definition) is 0. The molecule has 3 nitrogen and oxygen atoms in total. The highest BCUT2D eigenvalue weighted by atomic mass is 35.5. The average molecular weight is 212 g/mol. The summed E-state index contributed by atoms with van der Waals surface area (Å²) in [6.07, 6.45) is 0.378. The fraction of sp³-hybridized carbons (Fsp3) is 0.400. The molecule has 0 saturated heterocycles. The van der Waals surface area contributed by atoms with E-state index in [1.165, 1.54) is 0 Å². The van der Waals surface area contributed by atoms with Crippen molar-refractivity contribution in [3.8, 4) is 5.88 Å². The number of rotatable bonds is 0. The van der Waals surface area contributed by atoms with Gasteiger partial charge in [-0.05, 0) is 26.0 Å². The number of aromatic nitrogens is 1. The van der Waals surface area contributed by atoms with Crippen LogP contribution in [0.4, 0.5) is 0 Å². The lowest BCUT2D eigenvalue weighted by Crippen LogP contribution is -2.36. The summed E-state index contributed by atoms with van der Waals surface area (Å²) in [5.74, 6) is 0.402. The Labute approximate surface area is 87.0 Å². The number of Topliss-reactive ketones (excluding diaryl/α,β-unsaturated/α-hetero) is 1. The first-order chi connectivity index (χ1) is 6.48. The maximum atomic E-state index is 11.6. The molecule has 1 aliphatic heterocycles. The fourth-order valence-electron chi connectivity index (χ4n) is 1.49. The van der Waals surface area contributed by atoms with Crippen LogP contribution in [0, 0.1) is 0 Å². The van der Waals surface area contributed by atoms with Gasteiger partial charge in [0.25, 0.3) is 0 Å². The molecule has 0 fully saturated rings. The van der Waals surface area contributed by atoms with Gasteiger partial charge in [-0.2, -0.15) is 0 Å². The molecular weight excluding hydrogens is 202 g/mol. The number of hydrogen-bond acceptors (Lipinski definition) is 3. The number of halogens is 1. The highest BCUT2D eigenvalue weighted by Gasteiger charge is 2.33. The molecule has 2 heterocycles. The number of carbonyl (C=O) groups is 1. The molecule has 0 radical (unpaired) electrons. The van der Waals surface area contributed by atoms with Crippen LogP contribution in [0.25, 0.3) is 0 Å². The first-order valence-corrected chi connectivity index (χ1v) is 4.74. The van der Waals surface area contributed by atoms with Crippen molar-refractivity contribution in [3.05, 3.63) is 22.8 Å². The Morgan fingerprint density at radius 3 is 2.93 bits per heavy atom. The summed E-state index contributed by atoms with van der Waals surface area (Å²) >= 11 is 5.72. The van der Waals surface area contributed by atoms with Crippen LogP contribution in [0.5, 0.6) is 5.88 Å².